The van der Waals surface area contributed by atoms with Gasteiger partial charge in [0.2, 0.25) is 0 Å². The molecule has 0 fully saturated rings. The van der Waals surface area contributed by atoms with Crippen molar-refractivity contribution >= 4 is 28.1 Å². The molecule has 18 heavy (non-hydrogen) atoms. The van der Waals surface area contributed by atoms with E-state index < -0.39 is 5.97 Å². The highest BCUT2D eigenvalue weighted by atomic mass is 32.1. The quantitative estimate of drug-likeness (QED) is 0.862. The van der Waals surface area contributed by atoms with Crippen LogP contribution in [0.5, 0.6) is 0 Å². The molecule has 2 rings (SSSR count). The number of carbonyl (C=O) groups excluding carboxylic acids is 1. The van der Waals surface area contributed by atoms with Crippen LogP contribution in [0.3, 0.4) is 0 Å². The summed E-state index contributed by atoms with van der Waals surface area (Å²) in [6.07, 6.45) is 0. The van der Waals surface area contributed by atoms with E-state index in [1.165, 1.54) is 29.6 Å². The number of benzene rings is 1. The van der Waals surface area contributed by atoms with Crippen molar-refractivity contribution in [1.29, 1.82) is 0 Å². The standard InChI is InChI=1S/C13H14N2O2S/c1-8-4-9(2)6-10(5-8)14-13-15-11(7-18-13)12(16)17-3/h4-7H,1-3H3,(H,14,15). The average molecular weight is 262 g/mol. The van der Waals surface area contributed by atoms with Crippen LogP contribution in [0.2, 0.25) is 0 Å². The molecule has 0 amide bonds. The number of carbonyl (C=O) groups is 1. The van der Waals surface area contributed by atoms with Crippen LogP contribution in [-0.2, 0) is 4.74 Å². The van der Waals surface area contributed by atoms with Crippen molar-refractivity contribution in [2.24, 2.45) is 0 Å². The molecular formula is C13H14N2O2S. The maximum Gasteiger partial charge on any atom is 0.357 e. The highest BCUT2D eigenvalue weighted by molar-refractivity contribution is 7.14. The third-order valence-electron chi connectivity index (χ3n) is 2.37. The summed E-state index contributed by atoms with van der Waals surface area (Å²) in [4.78, 5) is 15.5. The number of ether oxygens (including phenoxy) is 1. The Morgan fingerprint density at radius 3 is 2.56 bits per heavy atom. The first kappa shape index (κ1) is 12.6. The Bertz CT molecular complexity index is 558. The Labute approximate surface area is 110 Å². The first-order chi connectivity index (χ1) is 8.58. The van der Waals surface area contributed by atoms with Crippen LogP contribution in [0.25, 0.3) is 0 Å². The fraction of sp³-hybridized carbons (Fsp3) is 0.231. The molecule has 0 unspecified atom stereocenters. The van der Waals surface area contributed by atoms with Gasteiger partial charge >= 0.3 is 5.97 Å². The van der Waals surface area contributed by atoms with Gasteiger partial charge in [0.1, 0.15) is 0 Å². The number of hydrogen-bond donors (Lipinski definition) is 1. The van der Waals surface area contributed by atoms with E-state index in [1.807, 2.05) is 26.0 Å². The number of aromatic nitrogens is 1. The Kier molecular flexibility index (Phi) is 3.62. The molecular weight excluding hydrogens is 248 g/mol. The predicted molar refractivity (Wildman–Crippen MR) is 72.7 cm³/mol. The minimum absolute atomic E-state index is 0.328. The van der Waals surface area contributed by atoms with Crippen LogP contribution in [-0.4, -0.2) is 18.1 Å². The monoisotopic (exact) mass is 262 g/mol. The lowest BCUT2D eigenvalue weighted by Gasteiger charge is -2.05. The van der Waals surface area contributed by atoms with E-state index in [0.717, 1.165) is 5.69 Å². The number of nitrogens with one attached hydrogen (secondary N) is 1. The summed E-state index contributed by atoms with van der Waals surface area (Å²) in [6.45, 7) is 4.08. The molecule has 0 aliphatic carbocycles. The second-order valence-electron chi connectivity index (χ2n) is 4.03. The van der Waals surface area contributed by atoms with Crippen molar-refractivity contribution in [2.45, 2.75) is 13.8 Å². The van der Waals surface area contributed by atoms with Crippen molar-refractivity contribution in [1.82, 2.24) is 4.98 Å². The fourth-order valence-corrected chi connectivity index (χ4v) is 2.40. The molecule has 0 radical (unpaired) electrons. The van der Waals surface area contributed by atoms with Gasteiger partial charge in [-0.2, -0.15) is 0 Å². The summed E-state index contributed by atoms with van der Waals surface area (Å²) in [5.41, 5.74) is 3.66. The molecule has 0 saturated carbocycles. The average Bonchev–Trinajstić information content (AvgIpc) is 2.75. The van der Waals surface area contributed by atoms with Crippen LogP contribution in [0.4, 0.5) is 10.8 Å². The van der Waals surface area contributed by atoms with E-state index in [2.05, 4.69) is 21.1 Å². The molecule has 1 N–H and O–H groups in total. The van der Waals surface area contributed by atoms with E-state index in [0.29, 0.717) is 10.8 Å². The largest absolute Gasteiger partial charge is 0.464 e. The predicted octanol–water partition coefficient (Wildman–Crippen LogP) is 3.29. The molecule has 0 aliphatic heterocycles. The fourth-order valence-electron chi connectivity index (χ4n) is 1.70. The zero-order chi connectivity index (χ0) is 13.1. The molecule has 0 saturated heterocycles. The van der Waals surface area contributed by atoms with Crippen LogP contribution in [0.15, 0.2) is 23.6 Å². The highest BCUT2D eigenvalue weighted by Gasteiger charge is 2.10. The van der Waals surface area contributed by atoms with Gasteiger partial charge in [0.15, 0.2) is 10.8 Å². The molecule has 0 spiro atoms. The maximum atomic E-state index is 11.3. The summed E-state index contributed by atoms with van der Waals surface area (Å²) in [5.74, 6) is -0.417. The molecule has 1 aromatic heterocycles. The van der Waals surface area contributed by atoms with Gasteiger partial charge in [-0.1, -0.05) is 6.07 Å². The van der Waals surface area contributed by atoms with Crippen LogP contribution in [0, 0.1) is 13.8 Å². The lowest BCUT2D eigenvalue weighted by atomic mass is 10.1. The van der Waals surface area contributed by atoms with Gasteiger partial charge in [0.05, 0.1) is 7.11 Å². The van der Waals surface area contributed by atoms with E-state index >= 15 is 0 Å². The van der Waals surface area contributed by atoms with E-state index in [9.17, 15) is 4.79 Å². The summed E-state index contributed by atoms with van der Waals surface area (Å²) < 4.78 is 4.62. The first-order valence-electron chi connectivity index (χ1n) is 5.47. The maximum absolute atomic E-state index is 11.3. The molecule has 5 heteroatoms. The molecule has 0 aliphatic rings. The van der Waals surface area contributed by atoms with Crippen molar-refractivity contribution in [3.63, 3.8) is 0 Å². The van der Waals surface area contributed by atoms with Crippen LogP contribution in [0.1, 0.15) is 21.6 Å². The van der Waals surface area contributed by atoms with Crippen LogP contribution < -0.4 is 5.32 Å². The Morgan fingerprint density at radius 1 is 1.28 bits per heavy atom. The summed E-state index contributed by atoms with van der Waals surface area (Å²) in [6, 6.07) is 6.17. The number of rotatable bonds is 3. The zero-order valence-corrected chi connectivity index (χ0v) is 11.3. The Hall–Kier alpha value is -1.88. The normalized spacial score (nSPS) is 10.2. The van der Waals surface area contributed by atoms with E-state index in [4.69, 9.17) is 0 Å². The minimum atomic E-state index is -0.417. The highest BCUT2D eigenvalue weighted by Crippen LogP contribution is 2.23. The Morgan fingerprint density at radius 2 is 1.94 bits per heavy atom. The number of anilines is 2. The lowest BCUT2D eigenvalue weighted by Crippen LogP contribution is -2.01. The first-order valence-corrected chi connectivity index (χ1v) is 6.35. The SMILES string of the molecule is COC(=O)c1csc(Nc2cc(C)cc(C)c2)n1. The molecule has 2 aromatic rings. The zero-order valence-electron chi connectivity index (χ0n) is 10.5. The summed E-state index contributed by atoms with van der Waals surface area (Å²) in [7, 11) is 1.35. The van der Waals surface area contributed by atoms with E-state index in [1.54, 1.807) is 5.38 Å². The van der Waals surface area contributed by atoms with Gasteiger partial charge in [-0.3, -0.25) is 0 Å². The smallest absolute Gasteiger partial charge is 0.357 e. The molecule has 94 valence electrons. The number of aryl methyl sites for hydroxylation is 2. The minimum Gasteiger partial charge on any atom is -0.464 e. The van der Waals surface area contributed by atoms with Crippen LogP contribution >= 0.6 is 11.3 Å². The summed E-state index contributed by atoms with van der Waals surface area (Å²) in [5, 5.41) is 5.54. The van der Waals surface area contributed by atoms with Gasteiger partial charge < -0.3 is 10.1 Å². The van der Waals surface area contributed by atoms with Gasteiger partial charge in [-0.15, -0.1) is 11.3 Å². The topological polar surface area (TPSA) is 51.2 Å². The van der Waals surface area contributed by atoms with Crippen molar-refractivity contribution in [2.75, 3.05) is 12.4 Å². The van der Waals surface area contributed by atoms with Crippen molar-refractivity contribution in [3.05, 3.63) is 40.4 Å². The number of nitrogens with zero attached hydrogens (tertiary/aromatic N) is 1. The summed E-state index contributed by atoms with van der Waals surface area (Å²) >= 11 is 1.38. The molecule has 4 nitrogen and oxygen atoms in total. The van der Waals surface area contributed by atoms with Gasteiger partial charge in [0, 0.05) is 11.1 Å². The second-order valence-corrected chi connectivity index (χ2v) is 4.89. The lowest BCUT2D eigenvalue weighted by molar-refractivity contribution is 0.0595. The van der Waals surface area contributed by atoms with Gasteiger partial charge in [-0.25, -0.2) is 9.78 Å². The van der Waals surface area contributed by atoms with E-state index in [-0.39, 0.29) is 0 Å². The number of thiazole rings is 1. The van der Waals surface area contributed by atoms with Gasteiger partial charge in [-0.05, 0) is 37.1 Å². The number of esters is 1. The molecule has 0 bridgehead atoms. The third kappa shape index (κ3) is 2.87. The number of hydrogen-bond acceptors (Lipinski definition) is 5. The molecule has 0 atom stereocenters. The molecule has 1 aromatic carbocycles. The van der Waals surface area contributed by atoms with Gasteiger partial charge in [0.25, 0.3) is 0 Å². The number of methoxy groups -OCH3 is 1. The Balaban J connectivity index is 2.18. The third-order valence-corrected chi connectivity index (χ3v) is 3.13. The molecule has 1 heterocycles. The van der Waals surface area contributed by atoms with Crippen molar-refractivity contribution < 1.29 is 9.53 Å². The second kappa shape index (κ2) is 5.18. The van der Waals surface area contributed by atoms with Crippen molar-refractivity contribution in [3.8, 4) is 0 Å².